The standard InChI is InChI=1S/C21H20F6N4O2/c1-11(15-5-4-6-18(31-15)21(25,26)27)28-19-13-9-17(33-8-7-32-3)14(20(22,23)24)10-16(13)29-12(2)30-19/h4-6,9-11H,7-8H2,1-3H3,(H,28,29,30)/t11-/m1/s1. The number of pyridine rings is 1. The molecule has 0 aliphatic carbocycles. The Labute approximate surface area is 185 Å². The number of halogens is 6. The number of ether oxygens (including phenoxy) is 2. The van der Waals surface area contributed by atoms with Crippen molar-refractivity contribution in [3.05, 3.63) is 53.1 Å². The van der Waals surface area contributed by atoms with Crippen molar-refractivity contribution in [1.82, 2.24) is 15.0 Å². The summed E-state index contributed by atoms with van der Waals surface area (Å²) in [6, 6.07) is 4.74. The fourth-order valence-corrected chi connectivity index (χ4v) is 3.09. The van der Waals surface area contributed by atoms with Crippen LogP contribution in [0.2, 0.25) is 0 Å². The Balaban J connectivity index is 2.04. The molecule has 3 aromatic rings. The molecule has 0 saturated carbocycles. The predicted octanol–water partition coefficient (Wildman–Crippen LogP) is 5.57. The zero-order valence-corrected chi connectivity index (χ0v) is 17.8. The van der Waals surface area contributed by atoms with Crippen molar-refractivity contribution < 1.29 is 35.8 Å². The van der Waals surface area contributed by atoms with Gasteiger partial charge in [0.05, 0.1) is 29.4 Å². The van der Waals surface area contributed by atoms with E-state index in [1.54, 1.807) is 6.92 Å². The molecule has 33 heavy (non-hydrogen) atoms. The molecule has 0 unspecified atom stereocenters. The summed E-state index contributed by atoms with van der Waals surface area (Å²) in [6.07, 6.45) is -9.31. The summed E-state index contributed by atoms with van der Waals surface area (Å²) in [5, 5.41) is 3.14. The van der Waals surface area contributed by atoms with Gasteiger partial charge in [-0.05, 0) is 38.1 Å². The van der Waals surface area contributed by atoms with E-state index in [0.29, 0.717) is 0 Å². The highest BCUT2D eigenvalue weighted by Crippen LogP contribution is 2.40. The molecule has 0 aliphatic heterocycles. The average Bonchev–Trinajstić information content (AvgIpc) is 2.72. The second-order valence-corrected chi connectivity index (χ2v) is 7.14. The van der Waals surface area contributed by atoms with Crippen molar-refractivity contribution in [2.24, 2.45) is 0 Å². The first-order chi connectivity index (χ1) is 15.4. The number of fused-ring (bicyclic) bond motifs is 1. The van der Waals surface area contributed by atoms with E-state index >= 15 is 0 Å². The lowest BCUT2D eigenvalue weighted by Gasteiger charge is -2.19. The lowest BCUT2D eigenvalue weighted by atomic mass is 10.1. The number of hydrogen-bond acceptors (Lipinski definition) is 6. The first-order valence-corrected chi connectivity index (χ1v) is 9.72. The van der Waals surface area contributed by atoms with Gasteiger partial charge in [0.2, 0.25) is 0 Å². The van der Waals surface area contributed by atoms with Crippen LogP contribution in [0, 0.1) is 6.92 Å². The Bertz CT molecular complexity index is 1130. The van der Waals surface area contributed by atoms with Crippen LogP contribution in [0.15, 0.2) is 30.3 Å². The van der Waals surface area contributed by atoms with Gasteiger partial charge in [0.1, 0.15) is 29.7 Å². The lowest BCUT2D eigenvalue weighted by molar-refractivity contribution is -0.141. The number of benzene rings is 1. The second-order valence-electron chi connectivity index (χ2n) is 7.14. The molecule has 0 aliphatic rings. The number of aryl methyl sites for hydroxylation is 1. The maximum Gasteiger partial charge on any atom is 0.433 e. The normalized spacial score (nSPS) is 13.2. The van der Waals surface area contributed by atoms with Gasteiger partial charge in [0, 0.05) is 12.5 Å². The van der Waals surface area contributed by atoms with Gasteiger partial charge in [-0.2, -0.15) is 26.3 Å². The Morgan fingerprint density at radius 3 is 2.33 bits per heavy atom. The highest BCUT2D eigenvalue weighted by atomic mass is 19.4. The Morgan fingerprint density at radius 2 is 1.70 bits per heavy atom. The number of anilines is 1. The first-order valence-electron chi connectivity index (χ1n) is 9.72. The van der Waals surface area contributed by atoms with Gasteiger partial charge in [-0.25, -0.2) is 15.0 Å². The van der Waals surface area contributed by atoms with Crippen LogP contribution < -0.4 is 10.1 Å². The summed E-state index contributed by atoms with van der Waals surface area (Å²) in [7, 11) is 1.39. The van der Waals surface area contributed by atoms with Gasteiger partial charge in [-0.15, -0.1) is 0 Å². The molecule has 0 saturated heterocycles. The molecule has 178 valence electrons. The third kappa shape index (κ3) is 5.81. The van der Waals surface area contributed by atoms with Crippen LogP contribution in [0.3, 0.4) is 0 Å². The van der Waals surface area contributed by atoms with E-state index in [0.717, 1.165) is 18.2 Å². The van der Waals surface area contributed by atoms with Crippen molar-refractivity contribution in [3.63, 3.8) is 0 Å². The third-order valence-electron chi connectivity index (χ3n) is 4.62. The quantitative estimate of drug-likeness (QED) is 0.357. The van der Waals surface area contributed by atoms with Crippen LogP contribution in [0.4, 0.5) is 32.2 Å². The van der Waals surface area contributed by atoms with Crippen LogP contribution in [0.1, 0.15) is 35.7 Å². The molecule has 1 atom stereocenters. The molecule has 3 rings (SSSR count). The molecule has 2 aromatic heterocycles. The van der Waals surface area contributed by atoms with Gasteiger partial charge >= 0.3 is 12.4 Å². The topological polar surface area (TPSA) is 69.2 Å². The maximum absolute atomic E-state index is 13.6. The van der Waals surface area contributed by atoms with E-state index in [4.69, 9.17) is 9.47 Å². The second kappa shape index (κ2) is 9.38. The molecule has 0 spiro atoms. The molecule has 2 heterocycles. The molecule has 0 radical (unpaired) electrons. The van der Waals surface area contributed by atoms with E-state index in [9.17, 15) is 26.3 Å². The SMILES string of the molecule is COCCOc1cc2c(N[C@H](C)c3cccc(C(F)(F)F)n3)nc(C)nc2cc1C(F)(F)F. The lowest BCUT2D eigenvalue weighted by Crippen LogP contribution is -2.15. The van der Waals surface area contributed by atoms with Crippen molar-refractivity contribution in [2.45, 2.75) is 32.2 Å². The minimum Gasteiger partial charge on any atom is -0.491 e. The van der Waals surface area contributed by atoms with Gasteiger partial charge < -0.3 is 14.8 Å². The van der Waals surface area contributed by atoms with Crippen LogP contribution in [-0.4, -0.2) is 35.3 Å². The minimum absolute atomic E-state index is 0.000572. The molecule has 1 N–H and O–H groups in total. The van der Waals surface area contributed by atoms with E-state index in [2.05, 4.69) is 20.3 Å². The summed E-state index contributed by atoms with van der Waals surface area (Å²) >= 11 is 0. The zero-order valence-electron chi connectivity index (χ0n) is 17.8. The van der Waals surface area contributed by atoms with Crippen LogP contribution >= 0.6 is 0 Å². The van der Waals surface area contributed by atoms with E-state index < -0.39 is 35.4 Å². The predicted molar refractivity (Wildman–Crippen MR) is 108 cm³/mol. The molecule has 6 nitrogen and oxygen atoms in total. The van der Waals surface area contributed by atoms with Crippen molar-refractivity contribution in [2.75, 3.05) is 25.6 Å². The molecular weight excluding hydrogens is 454 g/mol. The zero-order chi connectivity index (χ0) is 24.4. The monoisotopic (exact) mass is 474 g/mol. The van der Waals surface area contributed by atoms with Crippen molar-refractivity contribution >= 4 is 16.7 Å². The van der Waals surface area contributed by atoms with Crippen LogP contribution in [0.5, 0.6) is 5.75 Å². The van der Waals surface area contributed by atoms with E-state index in [-0.39, 0.29) is 41.5 Å². The molecule has 12 heteroatoms. The van der Waals surface area contributed by atoms with Crippen LogP contribution in [0.25, 0.3) is 10.9 Å². The first kappa shape index (κ1) is 24.5. The minimum atomic E-state index is -4.70. The number of aromatic nitrogens is 3. The summed E-state index contributed by atoms with van der Waals surface area (Å²) in [5.41, 5.74) is -1.98. The average molecular weight is 474 g/mol. The summed E-state index contributed by atoms with van der Waals surface area (Å²) in [6.45, 7) is 3.01. The number of rotatable bonds is 7. The van der Waals surface area contributed by atoms with Crippen LogP contribution in [-0.2, 0) is 17.1 Å². The summed E-state index contributed by atoms with van der Waals surface area (Å²) in [4.78, 5) is 12.0. The molecule has 0 amide bonds. The van der Waals surface area contributed by atoms with Gasteiger partial charge in [0.25, 0.3) is 0 Å². The largest absolute Gasteiger partial charge is 0.491 e. The van der Waals surface area contributed by atoms with Gasteiger partial charge in [-0.3, -0.25) is 0 Å². The Hall–Kier alpha value is -3.15. The maximum atomic E-state index is 13.6. The third-order valence-corrected chi connectivity index (χ3v) is 4.62. The summed E-state index contributed by atoms with van der Waals surface area (Å²) < 4.78 is 89.9. The smallest absolute Gasteiger partial charge is 0.433 e. The van der Waals surface area contributed by atoms with E-state index in [1.807, 2.05) is 0 Å². The van der Waals surface area contributed by atoms with Gasteiger partial charge in [0.15, 0.2) is 0 Å². The number of alkyl halides is 6. The molecule has 0 fully saturated rings. The fraction of sp³-hybridized carbons (Fsp3) is 0.381. The Kier molecular flexibility index (Phi) is 6.96. The van der Waals surface area contributed by atoms with Crippen molar-refractivity contribution in [1.29, 1.82) is 0 Å². The molecule has 0 bridgehead atoms. The summed E-state index contributed by atoms with van der Waals surface area (Å²) in [5.74, 6) is -0.127. The highest BCUT2D eigenvalue weighted by Gasteiger charge is 2.36. The molecular formula is C21H20F6N4O2. The fourth-order valence-electron chi connectivity index (χ4n) is 3.09. The molecule has 1 aromatic carbocycles. The van der Waals surface area contributed by atoms with Gasteiger partial charge in [-0.1, -0.05) is 6.07 Å². The Morgan fingerprint density at radius 1 is 0.970 bits per heavy atom. The van der Waals surface area contributed by atoms with E-state index in [1.165, 1.54) is 26.2 Å². The highest BCUT2D eigenvalue weighted by molar-refractivity contribution is 5.91. The number of nitrogens with zero attached hydrogens (tertiary/aromatic N) is 3. The number of hydrogen-bond donors (Lipinski definition) is 1. The number of nitrogens with one attached hydrogen (secondary N) is 1. The van der Waals surface area contributed by atoms with Crippen molar-refractivity contribution in [3.8, 4) is 5.75 Å². The number of methoxy groups -OCH3 is 1.